The van der Waals surface area contributed by atoms with Gasteiger partial charge in [0.2, 0.25) is 0 Å². The van der Waals surface area contributed by atoms with Crippen LogP contribution in [-0.2, 0) is 0 Å². The van der Waals surface area contributed by atoms with Crippen LogP contribution >= 0.6 is 0 Å². The van der Waals surface area contributed by atoms with Crippen molar-refractivity contribution in [1.82, 2.24) is 9.46 Å². The standard InChI is InChI=1S/C7H9N5O2/c8-3-1-4(9)6-5(2-3)11(13)7(10)12(6)14/h1-2,10,13-14H,8-9H2. The third kappa shape index (κ3) is 0.830. The van der Waals surface area contributed by atoms with Gasteiger partial charge in [0.05, 0.1) is 5.69 Å². The molecule has 0 aliphatic carbocycles. The van der Waals surface area contributed by atoms with Gasteiger partial charge >= 0.3 is 0 Å². The van der Waals surface area contributed by atoms with Crippen molar-refractivity contribution in [1.29, 1.82) is 5.41 Å². The van der Waals surface area contributed by atoms with E-state index in [9.17, 15) is 10.4 Å². The van der Waals surface area contributed by atoms with Gasteiger partial charge in [-0.1, -0.05) is 0 Å². The van der Waals surface area contributed by atoms with Crippen LogP contribution in [0, 0.1) is 5.41 Å². The Morgan fingerprint density at radius 1 is 1.14 bits per heavy atom. The van der Waals surface area contributed by atoms with Crippen LogP contribution in [-0.4, -0.2) is 19.9 Å². The van der Waals surface area contributed by atoms with Crippen LogP contribution in [0.25, 0.3) is 11.0 Å². The zero-order chi connectivity index (χ0) is 10.5. The highest BCUT2D eigenvalue weighted by atomic mass is 16.5. The number of nitrogens with zero attached hydrogens (tertiary/aromatic N) is 2. The molecule has 0 radical (unpaired) electrons. The molecule has 7 heteroatoms. The highest BCUT2D eigenvalue weighted by Gasteiger charge is 2.12. The second-order valence-corrected chi connectivity index (χ2v) is 2.93. The van der Waals surface area contributed by atoms with Gasteiger partial charge in [-0.15, -0.1) is 9.46 Å². The number of imidazole rings is 1. The molecule has 74 valence electrons. The van der Waals surface area contributed by atoms with E-state index in [1.165, 1.54) is 12.1 Å². The molecule has 14 heavy (non-hydrogen) atoms. The Bertz CT molecular complexity index is 567. The monoisotopic (exact) mass is 195 g/mol. The molecule has 0 unspecified atom stereocenters. The summed E-state index contributed by atoms with van der Waals surface area (Å²) < 4.78 is 0.992. The molecule has 0 spiro atoms. The number of benzene rings is 1. The first-order valence-electron chi connectivity index (χ1n) is 3.78. The summed E-state index contributed by atoms with van der Waals surface area (Å²) in [6.07, 6.45) is 0. The first kappa shape index (κ1) is 8.30. The maximum Gasteiger partial charge on any atom is 0.270 e. The summed E-state index contributed by atoms with van der Waals surface area (Å²) in [7, 11) is 0. The van der Waals surface area contributed by atoms with Crippen molar-refractivity contribution in [3.8, 4) is 0 Å². The molecule has 0 fully saturated rings. The van der Waals surface area contributed by atoms with Crippen molar-refractivity contribution in [3.05, 3.63) is 17.8 Å². The van der Waals surface area contributed by atoms with Crippen LogP contribution in [0.4, 0.5) is 11.4 Å². The van der Waals surface area contributed by atoms with E-state index < -0.39 is 5.62 Å². The maximum absolute atomic E-state index is 9.38. The van der Waals surface area contributed by atoms with E-state index in [1.807, 2.05) is 0 Å². The average molecular weight is 195 g/mol. The minimum atomic E-state index is -0.489. The second-order valence-electron chi connectivity index (χ2n) is 2.93. The molecule has 0 aliphatic rings. The van der Waals surface area contributed by atoms with Crippen LogP contribution in [0.2, 0.25) is 0 Å². The van der Waals surface area contributed by atoms with Gasteiger partial charge in [-0.3, -0.25) is 5.41 Å². The van der Waals surface area contributed by atoms with Crippen molar-refractivity contribution in [3.63, 3.8) is 0 Å². The Kier molecular flexibility index (Phi) is 1.39. The molecular weight excluding hydrogens is 186 g/mol. The average Bonchev–Trinajstić information content (AvgIpc) is 2.31. The Balaban J connectivity index is 3.10. The lowest BCUT2D eigenvalue weighted by atomic mass is 10.2. The number of fused-ring (bicyclic) bond motifs is 1. The van der Waals surface area contributed by atoms with Crippen LogP contribution in [0.5, 0.6) is 0 Å². The summed E-state index contributed by atoms with van der Waals surface area (Å²) in [6, 6.07) is 2.85. The van der Waals surface area contributed by atoms with Crippen LogP contribution in [0.1, 0.15) is 0 Å². The highest BCUT2D eigenvalue weighted by molar-refractivity contribution is 5.90. The zero-order valence-electron chi connectivity index (χ0n) is 7.10. The molecule has 7 N–H and O–H groups in total. The summed E-state index contributed by atoms with van der Waals surface area (Å²) in [6.45, 7) is 0. The maximum atomic E-state index is 9.38. The smallest absolute Gasteiger partial charge is 0.270 e. The van der Waals surface area contributed by atoms with Crippen molar-refractivity contribution in [2.45, 2.75) is 0 Å². The Hall–Kier alpha value is -2.31. The molecular formula is C7H9N5O2. The lowest BCUT2D eigenvalue weighted by Crippen LogP contribution is -2.21. The summed E-state index contributed by atoms with van der Waals surface area (Å²) in [5.41, 5.74) is 11.5. The number of nitrogen functional groups attached to an aromatic ring is 2. The molecule has 1 aromatic carbocycles. The summed E-state index contributed by atoms with van der Waals surface area (Å²) in [5.74, 6) is 0. The van der Waals surface area contributed by atoms with Gasteiger partial charge in [-0.2, -0.15) is 0 Å². The minimum absolute atomic E-state index is 0.159. The number of hydrogen-bond donors (Lipinski definition) is 5. The topological polar surface area (TPSA) is 126 Å². The van der Waals surface area contributed by atoms with Crippen molar-refractivity contribution in [2.75, 3.05) is 11.5 Å². The van der Waals surface area contributed by atoms with Gasteiger partial charge in [0.15, 0.2) is 0 Å². The van der Waals surface area contributed by atoms with Crippen molar-refractivity contribution >= 4 is 22.4 Å². The largest absolute Gasteiger partial charge is 0.425 e. The van der Waals surface area contributed by atoms with E-state index in [0.717, 1.165) is 0 Å². The van der Waals surface area contributed by atoms with Crippen LogP contribution < -0.4 is 17.1 Å². The zero-order valence-corrected chi connectivity index (χ0v) is 7.10. The SMILES string of the molecule is N=c1n(O)c2cc(N)cc(N)c2n1O. The fourth-order valence-electron chi connectivity index (χ4n) is 1.37. The van der Waals surface area contributed by atoms with Crippen LogP contribution in [0.15, 0.2) is 12.1 Å². The third-order valence-electron chi connectivity index (χ3n) is 1.98. The van der Waals surface area contributed by atoms with E-state index in [4.69, 9.17) is 16.9 Å². The van der Waals surface area contributed by atoms with Gasteiger partial charge < -0.3 is 21.9 Å². The molecule has 7 nitrogen and oxygen atoms in total. The van der Waals surface area contributed by atoms with Crippen molar-refractivity contribution < 1.29 is 10.4 Å². The molecule has 0 atom stereocenters. The number of hydrogen-bond acceptors (Lipinski definition) is 5. The number of anilines is 2. The Morgan fingerprint density at radius 2 is 1.79 bits per heavy atom. The quantitative estimate of drug-likeness (QED) is 0.288. The molecule has 0 saturated heterocycles. The van der Waals surface area contributed by atoms with Gasteiger partial charge in [-0.05, 0) is 12.1 Å². The molecule has 0 bridgehead atoms. The van der Waals surface area contributed by atoms with E-state index >= 15 is 0 Å². The molecule has 0 amide bonds. The number of nitrogens with two attached hydrogens (primary N) is 2. The Labute approximate surface area is 77.8 Å². The number of nitrogens with one attached hydrogen (secondary N) is 1. The fourth-order valence-corrected chi connectivity index (χ4v) is 1.37. The predicted octanol–water partition coefficient (Wildman–Crippen LogP) is -0.439. The predicted molar refractivity (Wildman–Crippen MR) is 49.0 cm³/mol. The summed E-state index contributed by atoms with van der Waals surface area (Å²) in [5, 5.41) is 26.0. The van der Waals surface area contributed by atoms with E-state index in [1.54, 1.807) is 0 Å². The lowest BCUT2D eigenvalue weighted by molar-refractivity contribution is 0.130. The van der Waals surface area contributed by atoms with Gasteiger partial charge in [0, 0.05) is 5.69 Å². The van der Waals surface area contributed by atoms with E-state index in [-0.39, 0.29) is 16.7 Å². The number of aromatic nitrogens is 2. The summed E-state index contributed by atoms with van der Waals surface area (Å²) in [4.78, 5) is 0. The normalized spacial score (nSPS) is 10.9. The molecule has 0 aliphatic heterocycles. The highest BCUT2D eigenvalue weighted by Crippen LogP contribution is 2.22. The number of rotatable bonds is 0. The third-order valence-corrected chi connectivity index (χ3v) is 1.98. The van der Waals surface area contributed by atoms with Gasteiger partial charge in [0.1, 0.15) is 11.0 Å². The van der Waals surface area contributed by atoms with E-state index in [2.05, 4.69) is 0 Å². The van der Waals surface area contributed by atoms with E-state index in [0.29, 0.717) is 15.1 Å². The first-order valence-corrected chi connectivity index (χ1v) is 3.78. The van der Waals surface area contributed by atoms with Crippen LogP contribution in [0.3, 0.4) is 0 Å². The fraction of sp³-hybridized carbons (Fsp3) is 0. The van der Waals surface area contributed by atoms with Gasteiger partial charge in [-0.25, -0.2) is 0 Å². The molecule has 1 aromatic heterocycles. The minimum Gasteiger partial charge on any atom is -0.425 e. The lowest BCUT2D eigenvalue weighted by Gasteiger charge is -1.99. The second kappa shape index (κ2) is 2.34. The Morgan fingerprint density at radius 3 is 2.43 bits per heavy atom. The molecule has 2 aromatic rings. The molecule has 1 heterocycles. The van der Waals surface area contributed by atoms with Gasteiger partial charge in [0.25, 0.3) is 5.62 Å². The van der Waals surface area contributed by atoms with Crippen molar-refractivity contribution in [2.24, 2.45) is 0 Å². The first-order chi connectivity index (χ1) is 6.52. The molecule has 0 saturated carbocycles. The summed E-state index contributed by atoms with van der Waals surface area (Å²) >= 11 is 0. The molecule has 2 rings (SSSR count).